The fraction of sp³-hybridized carbons (Fsp3) is 0.500. The number of halogens is 1. The van der Waals surface area contributed by atoms with Gasteiger partial charge in [-0.15, -0.1) is 0 Å². The monoisotopic (exact) mass is 361 g/mol. The van der Waals surface area contributed by atoms with Gasteiger partial charge in [0.15, 0.2) is 10.6 Å². The Hall–Kier alpha value is -1.90. The van der Waals surface area contributed by atoms with Crippen LogP contribution in [0.1, 0.15) is 20.3 Å². The van der Waals surface area contributed by atoms with Crippen molar-refractivity contribution in [3.8, 4) is 0 Å². The lowest BCUT2D eigenvalue weighted by atomic mass is 10.0. The van der Waals surface area contributed by atoms with Crippen LogP contribution >= 0.6 is 15.9 Å². The molecule has 116 valence electrons. The predicted molar refractivity (Wildman–Crippen MR) is 78.6 cm³/mol. The molecule has 21 heavy (non-hydrogen) atoms. The Morgan fingerprint density at radius 2 is 2.14 bits per heavy atom. The first-order valence-electron chi connectivity index (χ1n) is 6.18. The van der Waals surface area contributed by atoms with E-state index < -0.39 is 16.9 Å². The van der Waals surface area contributed by atoms with Gasteiger partial charge in [-0.2, -0.15) is 0 Å². The average Bonchev–Trinajstić information content (AvgIpc) is 2.41. The Kier molecular flexibility index (Phi) is 5.89. The number of anilines is 1. The number of esters is 1. The zero-order valence-electron chi connectivity index (χ0n) is 11.8. The van der Waals surface area contributed by atoms with Gasteiger partial charge in [-0.3, -0.25) is 15.4 Å². The largest absolute Gasteiger partial charge is 0.710 e. The number of carbonyl (C=O) groups excluding carboxylic acids is 1. The summed E-state index contributed by atoms with van der Waals surface area (Å²) in [7, 11) is 1.24. The van der Waals surface area contributed by atoms with E-state index >= 15 is 0 Å². The third-order valence-electron chi connectivity index (χ3n) is 2.69. The molecule has 0 unspecified atom stereocenters. The Labute approximate surface area is 130 Å². The summed E-state index contributed by atoms with van der Waals surface area (Å²) in [6, 6.07) is 1.41. The summed E-state index contributed by atoms with van der Waals surface area (Å²) in [5.74, 6) is -0.456. The van der Waals surface area contributed by atoms with Crippen molar-refractivity contribution in [3.05, 3.63) is 32.1 Å². The molecule has 0 aliphatic heterocycles. The van der Waals surface area contributed by atoms with Crippen LogP contribution in [0.15, 0.2) is 16.7 Å². The van der Waals surface area contributed by atoms with Crippen molar-refractivity contribution < 1.29 is 19.2 Å². The standard InChI is InChI=1S/C12H16BrN3O5/c1-7(2)4-9(12(17)21-3)14-11-6-8(16(19)20)5-10(13)15(11)18/h5-7,9,14H,4H2,1-3H3/t9-/m0/s1. The van der Waals surface area contributed by atoms with Gasteiger partial charge in [-0.25, -0.2) is 9.52 Å². The van der Waals surface area contributed by atoms with Gasteiger partial charge in [-0.05, 0) is 21.8 Å². The molecule has 0 fully saturated rings. The number of methoxy groups -OCH3 is 1. The van der Waals surface area contributed by atoms with E-state index in [-0.39, 0.29) is 22.0 Å². The normalized spacial score (nSPS) is 12.0. The van der Waals surface area contributed by atoms with Crippen molar-refractivity contribution in [2.24, 2.45) is 5.92 Å². The molecular weight excluding hydrogens is 346 g/mol. The smallest absolute Gasteiger partial charge is 0.350 e. The highest BCUT2D eigenvalue weighted by molar-refractivity contribution is 9.10. The van der Waals surface area contributed by atoms with Crippen LogP contribution in [0, 0.1) is 21.2 Å². The summed E-state index contributed by atoms with van der Waals surface area (Å²) >= 11 is 2.95. The van der Waals surface area contributed by atoms with Crippen LogP contribution in [0.25, 0.3) is 0 Å². The molecule has 0 spiro atoms. The molecule has 8 nitrogen and oxygen atoms in total. The lowest BCUT2D eigenvalue weighted by molar-refractivity contribution is -0.603. The van der Waals surface area contributed by atoms with Crippen LogP contribution in [-0.4, -0.2) is 24.0 Å². The second-order valence-corrected chi connectivity index (χ2v) is 5.64. The maximum absolute atomic E-state index is 11.9. The highest BCUT2D eigenvalue weighted by atomic mass is 79.9. The number of nitrogens with zero attached hydrogens (tertiary/aromatic N) is 2. The summed E-state index contributed by atoms with van der Waals surface area (Å²) in [4.78, 5) is 21.9. The zero-order valence-corrected chi connectivity index (χ0v) is 13.4. The lowest BCUT2D eigenvalue weighted by Crippen LogP contribution is -2.39. The van der Waals surface area contributed by atoms with E-state index in [1.54, 1.807) is 0 Å². The topological polar surface area (TPSA) is 108 Å². The maximum atomic E-state index is 11.9. The van der Waals surface area contributed by atoms with Crippen molar-refractivity contribution >= 4 is 33.4 Å². The molecule has 0 bridgehead atoms. The van der Waals surface area contributed by atoms with Crippen molar-refractivity contribution in [3.63, 3.8) is 0 Å². The summed E-state index contributed by atoms with van der Waals surface area (Å²) < 4.78 is 5.09. The van der Waals surface area contributed by atoms with Crippen molar-refractivity contribution in [2.75, 3.05) is 12.4 Å². The fourth-order valence-corrected chi connectivity index (χ4v) is 2.17. The molecule has 1 N–H and O–H groups in total. The van der Waals surface area contributed by atoms with E-state index in [4.69, 9.17) is 0 Å². The number of carbonyl (C=O) groups is 1. The van der Waals surface area contributed by atoms with Crippen LogP contribution in [0.3, 0.4) is 0 Å². The Balaban J connectivity index is 3.13. The number of pyridine rings is 1. The number of aromatic nitrogens is 1. The second kappa shape index (κ2) is 7.21. The number of nitrogens with one attached hydrogen (secondary N) is 1. The van der Waals surface area contributed by atoms with Crippen LogP contribution in [0.5, 0.6) is 0 Å². The third-order valence-corrected chi connectivity index (χ3v) is 3.24. The average molecular weight is 362 g/mol. The van der Waals surface area contributed by atoms with Crippen molar-refractivity contribution in [1.29, 1.82) is 0 Å². The van der Waals surface area contributed by atoms with Gasteiger partial charge in [0.2, 0.25) is 0 Å². The molecule has 1 heterocycles. The summed E-state index contributed by atoms with van der Waals surface area (Å²) in [6.45, 7) is 3.82. The Morgan fingerprint density at radius 3 is 2.62 bits per heavy atom. The van der Waals surface area contributed by atoms with E-state index in [1.165, 1.54) is 7.11 Å². The first kappa shape index (κ1) is 17.2. The molecule has 0 saturated carbocycles. The molecule has 0 amide bonds. The Morgan fingerprint density at radius 1 is 1.52 bits per heavy atom. The minimum Gasteiger partial charge on any atom is -0.710 e. The number of hydrogen-bond acceptors (Lipinski definition) is 6. The van der Waals surface area contributed by atoms with Gasteiger partial charge in [-0.1, -0.05) is 13.8 Å². The molecule has 0 aliphatic rings. The van der Waals surface area contributed by atoms with Crippen molar-refractivity contribution in [1.82, 2.24) is 0 Å². The van der Waals surface area contributed by atoms with Crippen LogP contribution in [-0.2, 0) is 9.53 Å². The van der Waals surface area contributed by atoms with Crippen LogP contribution in [0.2, 0.25) is 0 Å². The molecule has 0 aromatic carbocycles. The first-order valence-corrected chi connectivity index (χ1v) is 6.97. The van der Waals surface area contributed by atoms with E-state index in [2.05, 4.69) is 26.0 Å². The van der Waals surface area contributed by atoms with Gasteiger partial charge >= 0.3 is 5.97 Å². The van der Waals surface area contributed by atoms with Crippen LogP contribution in [0.4, 0.5) is 11.5 Å². The van der Waals surface area contributed by atoms with Gasteiger partial charge in [0.1, 0.15) is 6.07 Å². The number of nitro groups is 1. The number of ether oxygens (including phenoxy) is 1. The molecule has 0 saturated heterocycles. The summed E-state index contributed by atoms with van der Waals surface area (Å²) in [5.41, 5.74) is -0.260. The third kappa shape index (κ3) is 4.55. The summed E-state index contributed by atoms with van der Waals surface area (Å²) in [5, 5.41) is 25.4. The molecule has 1 atom stereocenters. The molecule has 1 rings (SSSR count). The maximum Gasteiger partial charge on any atom is 0.350 e. The minimum absolute atomic E-state index is 0.0210. The first-order chi connectivity index (χ1) is 9.76. The lowest BCUT2D eigenvalue weighted by Gasteiger charge is -2.17. The van der Waals surface area contributed by atoms with Gasteiger partial charge < -0.3 is 9.94 Å². The van der Waals surface area contributed by atoms with E-state index in [9.17, 15) is 20.1 Å². The fourth-order valence-electron chi connectivity index (χ4n) is 1.75. The Bertz CT molecular complexity index is 550. The minimum atomic E-state index is -0.760. The zero-order chi connectivity index (χ0) is 16.2. The van der Waals surface area contributed by atoms with Crippen molar-refractivity contribution in [2.45, 2.75) is 26.3 Å². The predicted octanol–water partition coefficient (Wildman–Crippen LogP) is 1.99. The van der Waals surface area contributed by atoms with E-state index in [1.807, 2.05) is 13.8 Å². The molecule has 0 aliphatic carbocycles. The summed E-state index contributed by atoms with van der Waals surface area (Å²) in [6.07, 6.45) is 0.424. The highest BCUT2D eigenvalue weighted by Crippen LogP contribution is 2.21. The van der Waals surface area contributed by atoms with E-state index in [0.717, 1.165) is 12.1 Å². The van der Waals surface area contributed by atoms with E-state index in [0.29, 0.717) is 11.2 Å². The molecular formula is C12H16BrN3O5. The molecule has 1 aromatic rings. The molecule has 0 radical (unpaired) electrons. The van der Waals surface area contributed by atoms with Gasteiger partial charge in [0.05, 0.1) is 18.1 Å². The second-order valence-electron chi connectivity index (χ2n) is 4.82. The SMILES string of the molecule is COC(=O)[C@H](CC(C)C)Nc1cc([N+](=O)[O-])cc(Br)[n+]1[O-]. The number of rotatable bonds is 6. The van der Waals surface area contributed by atoms with Gasteiger partial charge in [0, 0.05) is 6.42 Å². The number of hydrogen-bond donors (Lipinski definition) is 1. The van der Waals surface area contributed by atoms with Gasteiger partial charge in [0.25, 0.3) is 11.5 Å². The molecule has 9 heteroatoms. The highest BCUT2D eigenvalue weighted by Gasteiger charge is 2.27. The van der Waals surface area contributed by atoms with Crippen LogP contribution < -0.4 is 10.0 Å². The molecule has 1 aromatic heterocycles. The quantitative estimate of drug-likeness (QED) is 0.207.